The third-order valence-corrected chi connectivity index (χ3v) is 3.50. The van der Waals surface area contributed by atoms with Crippen LogP contribution in [0.1, 0.15) is 31.4 Å². The van der Waals surface area contributed by atoms with E-state index in [9.17, 15) is 4.79 Å². The number of hydrogen-bond donors (Lipinski definition) is 1. The second-order valence-corrected chi connectivity index (χ2v) is 5.15. The molecule has 2 heteroatoms. The first-order valence-corrected chi connectivity index (χ1v) is 7.05. The molecule has 1 aromatic rings. The van der Waals surface area contributed by atoms with Crippen LogP contribution in [0.25, 0.3) is 5.57 Å². The Balaban J connectivity index is 2.34. The van der Waals surface area contributed by atoms with Gasteiger partial charge in [-0.2, -0.15) is 0 Å². The highest BCUT2D eigenvalue weighted by Crippen LogP contribution is 2.26. The van der Waals surface area contributed by atoms with E-state index in [1.54, 1.807) is 0 Å². The van der Waals surface area contributed by atoms with Crippen molar-refractivity contribution in [3.05, 3.63) is 59.7 Å². The van der Waals surface area contributed by atoms with Crippen molar-refractivity contribution in [3.63, 3.8) is 0 Å². The maximum absolute atomic E-state index is 11.2. The summed E-state index contributed by atoms with van der Waals surface area (Å²) in [5.41, 5.74) is 4.39. The summed E-state index contributed by atoms with van der Waals surface area (Å²) in [5.74, 6) is 0.457. The van der Waals surface area contributed by atoms with Gasteiger partial charge in [-0.3, -0.25) is 4.79 Å². The summed E-state index contributed by atoms with van der Waals surface area (Å²) in [6.07, 6.45) is 12.0. The van der Waals surface area contributed by atoms with Crippen LogP contribution >= 0.6 is 0 Å². The predicted molar refractivity (Wildman–Crippen MR) is 85.5 cm³/mol. The van der Waals surface area contributed by atoms with Crippen LogP contribution in [0.2, 0.25) is 0 Å². The molecular formula is C18H21NO. The Morgan fingerprint density at radius 2 is 2.10 bits per heavy atom. The number of allylic oxidation sites excluding steroid dienone is 6. The zero-order chi connectivity index (χ0) is 14.5. The first-order valence-electron chi connectivity index (χ1n) is 7.05. The lowest BCUT2D eigenvalue weighted by Gasteiger charge is -2.10. The van der Waals surface area contributed by atoms with Crippen LogP contribution in [0.4, 0.5) is 5.69 Å². The normalized spacial score (nSPS) is 17.6. The number of nitrogens with one attached hydrogen (secondary N) is 1. The average molecular weight is 267 g/mol. The van der Waals surface area contributed by atoms with E-state index in [-0.39, 0.29) is 5.91 Å². The Hall–Kier alpha value is -2.09. The van der Waals surface area contributed by atoms with Crippen molar-refractivity contribution < 1.29 is 4.79 Å². The highest BCUT2D eigenvalue weighted by Gasteiger charge is 2.07. The van der Waals surface area contributed by atoms with Crippen molar-refractivity contribution in [1.82, 2.24) is 0 Å². The summed E-state index contributed by atoms with van der Waals surface area (Å²) in [5, 5.41) is 2.84. The van der Waals surface area contributed by atoms with Gasteiger partial charge < -0.3 is 5.32 Å². The minimum absolute atomic E-state index is 0.0452. The van der Waals surface area contributed by atoms with Crippen LogP contribution in [0.15, 0.2) is 48.6 Å². The fraction of sp³-hybridized carbons (Fsp3) is 0.278. The molecule has 0 saturated heterocycles. The van der Waals surface area contributed by atoms with E-state index in [1.165, 1.54) is 18.1 Å². The summed E-state index contributed by atoms with van der Waals surface area (Å²) < 4.78 is 0. The minimum atomic E-state index is -0.0452. The SMILES string of the molecule is CCC1C=CC=C(c2cc(NC(C)=O)ccc2C)C=C1. The Kier molecular flexibility index (Phi) is 4.57. The number of benzene rings is 1. The summed E-state index contributed by atoms with van der Waals surface area (Å²) in [6, 6.07) is 6.01. The lowest BCUT2D eigenvalue weighted by molar-refractivity contribution is -0.114. The molecule has 0 radical (unpaired) electrons. The summed E-state index contributed by atoms with van der Waals surface area (Å²) in [6.45, 7) is 5.80. The Morgan fingerprint density at radius 3 is 2.80 bits per heavy atom. The molecule has 1 atom stereocenters. The fourth-order valence-corrected chi connectivity index (χ4v) is 2.31. The molecule has 1 amide bonds. The molecule has 0 aromatic heterocycles. The van der Waals surface area contributed by atoms with Gasteiger partial charge in [0.15, 0.2) is 0 Å². The molecule has 0 saturated carbocycles. The van der Waals surface area contributed by atoms with Crippen LogP contribution in [-0.2, 0) is 4.79 Å². The average Bonchev–Trinajstić information content (AvgIpc) is 2.65. The van der Waals surface area contributed by atoms with Crippen molar-refractivity contribution >= 4 is 17.2 Å². The van der Waals surface area contributed by atoms with Crippen molar-refractivity contribution in [3.8, 4) is 0 Å². The molecule has 104 valence electrons. The molecular weight excluding hydrogens is 246 g/mol. The lowest BCUT2D eigenvalue weighted by Crippen LogP contribution is -2.06. The number of hydrogen-bond acceptors (Lipinski definition) is 1. The molecule has 0 bridgehead atoms. The predicted octanol–water partition coefficient (Wildman–Crippen LogP) is 4.49. The molecule has 20 heavy (non-hydrogen) atoms. The first-order chi connectivity index (χ1) is 9.60. The smallest absolute Gasteiger partial charge is 0.221 e. The zero-order valence-corrected chi connectivity index (χ0v) is 12.3. The number of amides is 1. The van der Waals surface area contributed by atoms with Gasteiger partial charge in [-0.15, -0.1) is 0 Å². The second-order valence-electron chi connectivity index (χ2n) is 5.15. The van der Waals surface area contributed by atoms with E-state index in [4.69, 9.17) is 0 Å². The van der Waals surface area contributed by atoms with E-state index in [0.29, 0.717) is 5.92 Å². The third kappa shape index (κ3) is 3.47. The van der Waals surface area contributed by atoms with E-state index in [1.807, 2.05) is 18.2 Å². The van der Waals surface area contributed by atoms with E-state index < -0.39 is 0 Å². The van der Waals surface area contributed by atoms with Crippen LogP contribution in [0, 0.1) is 12.8 Å². The summed E-state index contributed by atoms with van der Waals surface area (Å²) in [7, 11) is 0. The second kappa shape index (κ2) is 6.38. The Bertz CT molecular complexity index is 593. The number of aryl methyl sites for hydroxylation is 1. The maximum atomic E-state index is 11.2. The zero-order valence-electron chi connectivity index (χ0n) is 12.3. The van der Waals surface area contributed by atoms with Gasteiger partial charge in [0, 0.05) is 12.6 Å². The van der Waals surface area contributed by atoms with Gasteiger partial charge in [0.2, 0.25) is 5.91 Å². The monoisotopic (exact) mass is 267 g/mol. The highest BCUT2D eigenvalue weighted by molar-refractivity contribution is 5.90. The summed E-state index contributed by atoms with van der Waals surface area (Å²) >= 11 is 0. The number of anilines is 1. The van der Waals surface area contributed by atoms with Gasteiger partial charge in [-0.1, -0.05) is 43.4 Å². The fourth-order valence-electron chi connectivity index (χ4n) is 2.31. The quantitative estimate of drug-likeness (QED) is 0.859. The van der Waals surface area contributed by atoms with Crippen molar-refractivity contribution in [2.24, 2.45) is 5.92 Å². The summed E-state index contributed by atoms with van der Waals surface area (Å²) in [4.78, 5) is 11.2. The van der Waals surface area contributed by atoms with Crippen LogP contribution in [0.3, 0.4) is 0 Å². The van der Waals surface area contributed by atoms with Crippen LogP contribution < -0.4 is 5.32 Å². The third-order valence-electron chi connectivity index (χ3n) is 3.50. The molecule has 1 unspecified atom stereocenters. The van der Waals surface area contributed by atoms with Crippen molar-refractivity contribution in [2.45, 2.75) is 27.2 Å². The number of carbonyl (C=O) groups excluding carboxylic acids is 1. The van der Waals surface area contributed by atoms with Gasteiger partial charge in [0.1, 0.15) is 0 Å². The first kappa shape index (κ1) is 14.3. The molecule has 2 rings (SSSR count). The molecule has 0 heterocycles. The number of rotatable bonds is 3. The highest BCUT2D eigenvalue weighted by atomic mass is 16.1. The Labute approximate surface area is 120 Å². The minimum Gasteiger partial charge on any atom is -0.326 e. The van der Waals surface area contributed by atoms with Gasteiger partial charge in [-0.05, 0) is 48.1 Å². The molecule has 1 aliphatic carbocycles. The van der Waals surface area contributed by atoms with E-state index in [0.717, 1.165) is 17.7 Å². The largest absolute Gasteiger partial charge is 0.326 e. The molecule has 0 fully saturated rings. The van der Waals surface area contributed by atoms with Gasteiger partial charge in [0.25, 0.3) is 0 Å². The molecule has 1 N–H and O–H groups in total. The van der Waals surface area contributed by atoms with E-state index in [2.05, 4.69) is 49.5 Å². The topological polar surface area (TPSA) is 29.1 Å². The number of carbonyl (C=O) groups is 1. The van der Waals surface area contributed by atoms with Crippen LogP contribution in [0.5, 0.6) is 0 Å². The van der Waals surface area contributed by atoms with Crippen molar-refractivity contribution in [2.75, 3.05) is 5.32 Å². The van der Waals surface area contributed by atoms with Crippen molar-refractivity contribution in [1.29, 1.82) is 0 Å². The molecule has 1 aliphatic rings. The Morgan fingerprint density at radius 1 is 1.30 bits per heavy atom. The molecule has 1 aromatic carbocycles. The van der Waals surface area contributed by atoms with Gasteiger partial charge >= 0.3 is 0 Å². The lowest BCUT2D eigenvalue weighted by atomic mass is 9.98. The molecule has 2 nitrogen and oxygen atoms in total. The van der Waals surface area contributed by atoms with Crippen LogP contribution in [-0.4, -0.2) is 5.91 Å². The van der Waals surface area contributed by atoms with Gasteiger partial charge in [-0.25, -0.2) is 0 Å². The van der Waals surface area contributed by atoms with E-state index >= 15 is 0 Å². The standard InChI is InChI=1S/C18H21NO/c1-4-15-6-5-7-16(10-9-15)18-12-17(19-14(3)20)11-8-13(18)2/h5-12,15H,4H2,1-3H3,(H,19,20). The van der Waals surface area contributed by atoms with Gasteiger partial charge in [0.05, 0.1) is 0 Å². The molecule has 0 spiro atoms. The molecule has 0 aliphatic heterocycles. The maximum Gasteiger partial charge on any atom is 0.221 e.